The minimum atomic E-state index is -0.420. The van der Waals surface area contributed by atoms with Crippen molar-refractivity contribution >= 4 is 0 Å². The molecule has 0 amide bonds. The lowest BCUT2D eigenvalue weighted by Crippen LogP contribution is -2.39. The normalized spacial score (nSPS) is 16.4. The van der Waals surface area contributed by atoms with Gasteiger partial charge in [0.15, 0.2) is 0 Å². The molecule has 1 aromatic carbocycles. The van der Waals surface area contributed by atoms with Crippen LogP contribution in [0, 0.1) is 5.92 Å². The maximum atomic E-state index is 11.2. The second-order valence-electron chi connectivity index (χ2n) is 9.55. The summed E-state index contributed by atoms with van der Waals surface area (Å²) < 4.78 is 0. The molecule has 0 radical (unpaired) electrons. The van der Waals surface area contributed by atoms with Gasteiger partial charge in [0, 0.05) is 6.54 Å². The topological polar surface area (TPSA) is 23.5 Å². The van der Waals surface area contributed by atoms with Gasteiger partial charge in [0.2, 0.25) is 0 Å². The SMILES string of the molecule is CCCCCC(O)(CCCCC)CCN1CCC(CCCc2ccccc2)CC1. The van der Waals surface area contributed by atoms with Crippen molar-refractivity contribution in [1.29, 1.82) is 0 Å². The molecule has 29 heavy (non-hydrogen) atoms. The fraction of sp³-hybridized carbons (Fsp3) is 0.778. The molecule has 1 fully saturated rings. The predicted molar refractivity (Wildman–Crippen MR) is 126 cm³/mol. The van der Waals surface area contributed by atoms with Gasteiger partial charge in [0.05, 0.1) is 5.60 Å². The number of piperidine rings is 1. The fourth-order valence-corrected chi connectivity index (χ4v) is 4.89. The highest BCUT2D eigenvalue weighted by Crippen LogP contribution is 2.28. The first kappa shape index (κ1) is 24.4. The molecule has 1 N–H and O–H groups in total. The molecule has 0 saturated carbocycles. The highest BCUT2D eigenvalue weighted by atomic mass is 16.3. The molecule has 2 nitrogen and oxygen atoms in total. The number of rotatable bonds is 15. The third-order valence-electron chi connectivity index (χ3n) is 7.01. The molecule has 0 unspecified atom stereocenters. The number of hydrogen-bond donors (Lipinski definition) is 1. The lowest BCUT2D eigenvalue weighted by Gasteiger charge is -2.35. The highest BCUT2D eigenvalue weighted by molar-refractivity contribution is 5.14. The van der Waals surface area contributed by atoms with Crippen molar-refractivity contribution in [3.05, 3.63) is 35.9 Å². The first-order valence-electron chi connectivity index (χ1n) is 12.6. The summed E-state index contributed by atoms with van der Waals surface area (Å²) in [7, 11) is 0. The number of nitrogens with zero attached hydrogens (tertiary/aromatic N) is 1. The van der Waals surface area contributed by atoms with Gasteiger partial charge in [0.1, 0.15) is 0 Å². The van der Waals surface area contributed by atoms with Crippen LogP contribution in [0.1, 0.15) is 103 Å². The van der Waals surface area contributed by atoms with Crippen molar-refractivity contribution in [2.75, 3.05) is 19.6 Å². The van der Waals surface area contributed by atoms with Gasteiger partial charge in [-0.05, 0) is 69.5 Å². The van der Waals surface area contributed by atoms with Crippen LogP contribution in [0.5, 0.6) is 0 Å². The Kier molecular flexibility index (Phi) is 12.0. The van der Waals surface area contributed by atoms with E-state index in [-0.39, 0.29) is 0 Å². The zero-order valence-electron chi connectivity index (χ0n) is 19.4. The van der Waals surface area contributed by atoms with Gasteiger partial charge in [0.25, 0.3) is 0 Å². The summed E-state index contributed by atoms with van der Waals surface area (Å²) in [6, 6.07) is 10.9. The van der Waals surface area contributed by atoms with Gasteiger partial charge in [-0.15, -0.1) is 0 Å². The van der Waals surface area contributed by atoms with E-state index in [1.807, 2.05) is 0 Å². The monoisotopic (exact) mass is 401 g/mol. The minimum absolute atomic E-state index is 0.420. The predicted octanol–water partition coefficient (Wildman–Crippen LogP) is 7.00. The van der Waals surface area contributed by atoms with E-state index in [1.54, 1.807) is 0 Å². The number of aliphatic hydroxyl groups is 1. The Morgan fingerprint density at radius 3 is 2.07 bits per heavy atom. The van der Waals surface area contributed by atoms with E-state index < -0.39 is 5.60 Å². The molecule has 0 spiro atoms. The van der Waals surface area contributed by atoms with E-state index in [0.717, 1.165) is 31.7 Å². The van der Waals surface area contributed by atoms with Gasteiger partial charge in [-0.2, -0.15) is 0 Å². The van der Waals surface area contributed by atoms with Crippen molar-refractivity contribution in [3.63, 3.8) is 0 Å². The van der Waals surface area contributed by atoms with Gasteiger partial charge < -0.3 is 10.0 Å². The standard InChI is InChI=1S/C27H47NO/c1-3-5-10-19-27(29,20-11-6-4-2)21-24-28-22-17-26(18-23-28)16-12-15-25-13-8-7-9-14-25/h7-9,13-14,26,29H,3-6,10-12,15-24H2,1-2H3. The van der Waals surface area contributed by atoms with Gasteiger partial charge >= 0.3 is 0 Å². The summed E-state index contributed by atoms with van der Waals surface area (Å²) in [5.74, 6) is 0.906. The van der Waals surface area contributed by atoms with E-state index >= 15 is 0 Å². The first-order valence-corrected chi connectivity index (χ1v) is 12.6. The van der Waals surface area contributed by atoms with E-state index in [9.17, 15) is 5.11 Å². The Morgan fingerprint density at radius 1 is 0.862 bits per heavy atom. The summed E-state index contributed by atoms with van der Waals surface area (Å²) in [6.07, 6.45) is 16.9. The zero-order chi connectivity index (χ0) is 20.8. The molecule has 166 valence electrons. The van der Waals surface area contributed by atoms with E-state index in [1.165, 1.54) is 89.3 Å². The molecule has 1 heterocycles. The van der Waals surface area contributed by atoms with Crippen LogP contribution in [0.25, 0.3) is 0 Å². The number of benzene rings is 1. The number of hydrogen-bond acceptors (Lipinski definition) is 2. The van der Waals surface area contributed by atoms with Crippen LogP contribution in [0.2, 0.25) is 0 Å². The average molecular weight is 402 g/mol. The lowest BCUT2D eigenvalue weighted by molar-refractivity contribution is -0.00177. The molecule has 1 aromatic rings. The summed E-state index contributed by atoms with van der Waals surface area (Å²) in [5, 5.41) is 11.2. The van der Waals surface area contributed by atoms with Gasteiger partial charge in [-0.1, -0.05) is 89.1 Å². The van der Waals surface area contributed by atoms with Crippen molar-refractivity contribution < 1.29 is 5.11 Å². The van der Waals surface area contributed by atoms with Gasteiger partial charge in [-0.25, -0.2) is 0 Å². The van der Waals surface area contributed by atoms with Crippen molar-refractivity contribution in [1.82, 2.24) is 4.90 Å². The highest BCUT2D eigenvalue weighted by Gasteiger charge is 2.27. The Bertz CT molecular complexity index is 497. The van der Waals surface area contributed by atoms with Crippen molar-refractivity contribution in [2.45, 2.75) is 109 Å². The molecular weight excluding hydrogens is 354 g/mol. The molecule has 2 heteroatoms. The second kappa shape index (κ2) is 14.2. The number of aryl methyl sites for hydroxylation is 1. The Balaban J connectivity index is 1.65. The average Bonchev–Trinajstić information content (AvgIpc) is 2.74. The van der Waals surface area contributed by atoms with Crippen molar-refractivity contribution in [3.8, 4) is 0 Å². The van der Waals surface area contributed by atoms with Crippen molar-refractivity contribution in [2.24, 2.45) is 5.92 Å². The zero-order valence-corrected chi connectivity index (χ0v) is 19.4. The summed E-state index contributed by atoms with van der Waals surface area (Å²) in [5.41, 5.74) is 1.06. The Labute approximate surface area is 181 Å². The van der Waals surface area contributed by atoms with Crippen LogP contribution in [-0.4, -0.2) is 35.2 Å². The fourth-order valence-electron chi connectivity index (χ4n) is 4.89. The van der Waals surface area contributed by atoms with Crippen LogP contribution in [0.4, 0.5) is 0 Å². The molecule has 0 atom stereocenters. The lowest BCUT2D eigenvalue weighted by atomic mass is 9.86. The van der Waals surface area contributed by atoms with Crippen LogP contribution in [0.3, 0.4) is 0 Å². The first-order chi connectivity index (χ1) is 14.1. The summed E-state index contributed by atoms with van der Waals surface area (Å²) in [4.78, 5) is 2.62. The molecule has 0 bridgehead atoms. The third-order valence-corrected chi connectivity index (χ3v) is 7.01. The van der Waals surface area contributed by atoms with Crippen LogP contribution < -0.4 is 0 Å². The minimum Gasteiger partial charge on any atom is -0.390 e. The van der Waals surface area contributed by atoms with E-state index in [4.69, 9.17) is 0 Å². The summed E-state index contributed by atoms with van der Waals surface area (Å²) in [6.45, 7) is 8.05. The molecule has 0 aromatic heterocycles. The molecule has 1 aliphatic rings. The summed E-state index contributed by atoms with van der Waals surface area (Å²) >= 11 is 0. The van der Waals surface area contributed by atoms with Crippen LogP contribution in [-0.2, 0) is 6.42 Å². The maximum Gasteiger partial charge on any atom is 0.0660 e. The van der Waals surface area contributed by atoms with E-state index in [2.05, 4.69) is 49.1 Å². The Hall–Kier alpha value is -0.860. The number of unbranched alkanes of at least 4 members (excludes halogenated alkanes) is 4. The number of likely N-dealkylation sites (tertiary alicyclic amines) is 1. The molecule has 2 rings (SSSR count). The van der Waals surface area contributed by atoms with Gasteiger partial charge in [-0.3, -0.25) is 0 Å². The smallest absolute Gasteiger partial charge is 0.0660 e. The molecule has 0 aliphatic carbocycles. The van der Waals surface area contributed by atoms with Crippen LogP contribution in [0.15, 0.2) is 30.3 Å². The quantitative estimate of drug-likeness (QED) is 0.320. The Morgan fingerprint density at radius 2 is 1.48 bits per heavy atom. The molecule has 1 aliphatic heterocycles. The third kappa shape index (κ3) is 10.1. The largest absolute Gasteiger partial charge is 0.390 e. The maximum absolute atomic E-state index is 11.2. The molecule has 1 saturated heterocycles. The van der Waals surface area contributed by atoms with E-state index in [0.29, 0.717) is 0 Å². The second-order valence-corrected chi connectivity index (χ2v) is 9.55. The molecular formula is C27H47NO. The van der Waals surface area contributed by atoms with Crippen LogP contribution >= 0.6 is 0 Å².